The molecule has 0 spiro atoms. The third-order valence-corrected chi connectivity index (χ3v) is 6.01. The molecular weight excluding hydrogens is 482 g/mol. The van der Waals surface area contributed by atoms with Crippen LogP contribution in [0.1, 0.15) is 27.0 Å². The Morgan fingerprint density at radius 3 is 2.59 bits per heavy atom. The van der Waals surface area contributed by atoms with E-state index in [2.05, 4.69) is 10.3 Å². The van der Waals surface area contributed by atoms with Crippen molar-refractivity contribution in [3.8, 4) is 10.8 Å². The highest BCUT2D eigenvalue weighted by molar-refractivity contribution is 7.15. The molecule has 4 aromatic rings. The van der Waals surface area contributed by atoms with E-state index in [9.17, 15) is 19.7 Å². The molecule has 1 amide bonds. The number of hydrogen-bond donors (Lipinski definition) is 1. The Bertz CT molecular complexity index is 1350. The van der Waals surface area contributed by atoms with Crippen LogP contribution in [0.3, 0.4) is 0 Å². The maximum absolute atomic E-state index is 13.1. The van der Waals surface area contributed by atoms with Crippen LogP contribution in [-0.2, 0) is 9.53 Å². The summed E-state index contributed by atoms with van der Waals surface area (Å²) < 4.78 is 10.9. The minimum atomic E-state index is -1.33. The Labute approximate surface area is 202 Å². The first kappa shape index (κ1) is 23.1. The zero-order chi connectivity index (χ0) is 24.2. The Balaban J connectivity index is 1.59. The van der Waals surface area contributed by atoms with Gasteiger partial charge in [0.1, 0.15) is 0 Å². The van der Waals surface area contributed by atoms with Gasteiger partial charge < -0.3 is 14.5 Å². The maximum atomic E-state index is 13.1. The van der Waals surface area contributed by atoms with Crippen LogP contribution < -0.4 is 5.32 Å². The normalized spacial score (nSPS) is 11.6. The molecule has 2 aromatic heterocycles. The van der Waals surface area contributed by atoms with Crippen molar-refractivity contribution in [3.63, 3.8) is 0 Å². The molecule has 0 fully saturated rings. The van der Waals surface area contributed by atoms with Crippen molar-refractivity contribution >= 4 is 46.2 Å². The SMILES string of the molecule is Cc1sc(-c2ccco2)nc1C(=O)OC(C(=O)Nc1ccc([N+](=O)[O-])cc1Cl)c1ccccc1. The Hall–Kier alpha value is -4.02. The number of anilines is 1. The molecule has 0 aliphatic rings. The number of furan rings is 1. The van der Waals surface area contributed by atoms with Gasteiger partial charge in [0.25, 0.3) is 11.6 Å². The summed E-state index contributed by atoms with van der Waals surface area (Å²) in [5.41, 5.74) is 0.406. The lowest BCUT2D eigenvalue weighted by Gasteiger charge is -2.18. The van der Waals surface area contributed by atoms with Gasteiger partial charge in [0.05, 0.1) is 21.9 Å². The quantitative estimate of drug-likeness (QED) is 0.194. The Morgan fingerprint density at radius 1 is 1.18 bits per heavy atom. The lowest BCUT2D eigenvalue weighted by Crippen LogP contribution is -2.26. The summed E-state index contributed by atoms with van der Waals surface area (Å²) in [5.74, 6) is -0.961. The van der Waals surface area contributed by atoms with E-state index in [0.717, 1.165) is 6.07 Å². The number of carbonyl (C=O) groups excluding carboxylic acids is 2. The number of hydrogen-bond acceptors (Lipinski definition) is 8. The Kier molecular flexibility index (Phi) is 6.71. The van der Waals surface area contributed by atoms with Gasteiger partial charge in [0.15, 0.2) is 16.5 Å². The zero-order valence-corrected chi connectivity index (χ0v) is 19.1. The number of non-ortho nitro benzene ring substituents is 1. The van der Waals surface area contributed by atoms with Crippen LogP contribution in [0.4, 0.5) is 11.4 Å². The van der Waals surface area contributed by atoms with E-state index in [0.29, 0.717) is 21.2 Å². The predicted octanol–water partition coefficient (Wildman–Crippen LogP) is 5.81. The van der Waals surface area contributed by atoms with Crippen molar-refractivity contribution in [1.82, 2.24) is 4.98 Å². The number of amides is 1. The molecule has 1 unspecified atom stereocenters. The first-order chi connectivity index (χ1) is 16.3. The maximum Gasteiger partial charge on any atom is 0.359 e. The molecule has 4 rings (SSSR count). The monoisotopic (exact) mass is 497 g/mol. The standard InChI is InChI=1S/C23H16ClN3O6S/c1-13-19(26-22(34-13)18-8-5-11-32-18)23(29)33-20(14-6-3-2-4-7-14)21(28)25-17-10-9-15(27(30)31)12-16(17)24/h2-12,20H,1H3,(H,25,28). The molecule has 11 heteroatoms. The molecule has 9 nitrogen and oxygen atoms in total. The average Bonchev–Trinajstić information content (AvgIpc) is 3.49. The van der Waals surface area contributed by atoms with Gasteiger partial charge in [-0.15, -0.1) is 11.3 Å². The van der Waals surface area contributed by atoms with Crippen LogP contribution in [0.15, 0.2) is 71.3 Å². The summed E-state index contributed by atoms with van der Waals surface area (Å²) in [7, 11) is 0. The number of nitrogens with one attached hydrogen (secondary N) is 1. The number of aromatic nitrogens is 1. The highest BCUT2D eigenvalue weighted by atomic mass is 35.5. The van der Waals surface area contributed by atoms with Crippen LogP contribution in [0, 0.1) is 17.0 Å². The number of esters is 1. The third kappa shape index (κ3) is 4.98. The molecule has 0 radical (unpaired) electrons. The molecule has 1 atom stereocenters. The van der Waals surface area contributed by atoms with Crippen LogP contribution in [0.25, 0.3) is 10.8 Å². The number of nitro groups is 1. The molecule has 34 heavy (non-hydrogen) atoms. The van der Waals surface area contributed by atoms with E-state index < -0.39 is 22.9 Å². The lowest BCUT2D eigenvalue weighted by molar-refractivity contribution is -0.384. The fourth-order valence-electron chi connectivity index (χ4n) is 3.07. The summed E-state index contributed by atoms with van der Waals surface area (Å²) in [4.78, 5) is 41.3. The van der Waals surface area contributed by atoms with Crippen LogP contribution in [-0.4, -0.2) is 21.8 Å². The number of benzene rings is 2. The van der Waals surface area contributed by atoms with E-state index in [1.807, 2.05) is 0 Å². The minimum absolute atomic E-state index is 0.0286. The van der Waals surface area contributed by atoms with Crippen molar-refractivity contribution < 1.29 is 23.7 Å². The van der Waals surface area contributed by atoms with E-state index in [-0.39, 0.29) is 22.1 Å². The fraction of sp³-hybridized carbons (Fsp3) is 0.0870. The highest BCUT2D eigenvalue weighted by Gasteiger charge is 2.29. The van der Waals surface area contributed by atoms with Gasteiger partial charge in [-0.25, -0.2) is 9.78 Å². The molecule has 0 saturated carbocycles. The minimum Gasteiger partial charge on any atom is -0.462 e. The van der Waals surface area contributed by atoms with Gasteiger partial charge in [-0.2, -0.15) is 0 Å². The number of halogens is 1. The molecule has 0 bridgehead atoms. The van der Waals surface area contributed by atoms with Crippen molar-refractivity contribution in [1.29, 1.82) is 0 Å². The van der Waals surface area contributed by atoms with Gasteiger partial charge in [0.2, 0.25) is 6.10 Å². The largest absolute Gasteiger partial charge is 0.462 e. The van der Waals surface area contributed by atoms with Gasteiger partial charge >= 0.3 is 5.97 Å². The van der Waals surface area contributed by atoms with Gasteiger partial charge in [-0.3, -0.25) is 14.9 Å². The topological polar surface area (TPSA) is 125 Å². The van der Waals surface area contributed by atoms with E-state index in [1.54, 1.807) is 49.4 Å². The second kappa shape index (κ2) is 9.86. The zero-order valence-electron chi connectivity index (χ0n) is 17.6. The van der Waals surface area contributed by atoms with Crippen molar-refractivity contribution in [2.24, 2.45) is 0 Å². The summed E-state index contributed by atoms with van der Waals surface area (Å²) in [5, 5.41) is 14.0. The van der Waals surface area contributed by atoms with Crippen molar-refractivity contribution in [3.05, 3.63) is 98.2 Å². The summed E-state index contributed by atoms with van der Waals surface area (Å²) in [6.07, 6.45) is 0.177. The van der Waals surface area contributed by atoms with Crippen molar-refractivity contribution in [2.75, 3.05) is 5.32 Å². The molecule has 0 aliphatic heterocycles. The van der Waals surface area contributed by atoms with Gasteiger partial charge in [-0.1, -0.05) is 41.9 Å². The first-order valence-electron chi connectivity index (χ1n) is 9.85. The predicted molar refractivity (Wildman–Crippen MR) is 126 cm³/mol. The molecule has 172 valence electrons. The second-order valence-corrected chi connectivity index (χ2v) is 8.62. The summed E-state index contributed by atoms with van der Waals surface area (Å²) >= 11 is 7.36. The van der Waals surface area contributed by atoms with E-state index in [1.165, 1.54) is 29.7 Å². The Morgan fingerprint density at radius 2 is 1.94 bits per heavy atom. The molecule has 0 aliphatic carbocycles. The van der Waals surface area contributed by atoms with Gasteiger partial charge in [0, 0.05) is 22.6 Å². The second-order valence-electron chi connectivity index (χ2n) is 7.01. The average molecular weight is 498 g/mol. The summed E-state index contributed by atoms with van der Waals surface area (Å²) in [6.45, 7) is 1.72. The van der Waals surface area contributed by atoms with E-state index in [4.69, 9.17) is 20.8 Å². The number of carbonyl (C=O) groups is 2. The van der Waals surface area contributed by atoms with E-state index >= 15 is 0 Å². The van der Waals surface area contributed by atoms with Crippen LogP contribution in [0.5, 0.6) is 0 Å². The molecule has 0 saturated heterocycles. The number of aryl methyl sites for hydroxylation is 1. The number of ether oxygens (including phenoxy) is 1. The molecular formula is C23H16ClN3O6S. The number of nitrogens with zero attached hydrogens (tertiary/aromatic N) is 2. The van der Waals surface area contributed by atoms with Crippen LogP contribution >= 0.6 is 22.9 Å². The van der Waals surface area contributed by atoms with Crippen LogP contribution in [0.2, 0.25) is 5.02 Å². The van der Waals surface area contributed by atoms with Gasteiger partial charge in [-0.05, 0) is 25.1 Å². The number of rotatable bonds is 7. The molecule has 1 N–H and O–H groups in total. The fourth-order valence-corrected chi connectivity index (χ4v) is 4.16. The number of nitro benzene ring substituents is 1. The molecule has 2 aromatic carbocycles. The summed E-state index contributed by atoms with van der Waals surface area (Å²) in [6, 6.07) is 15.5. The third-order valence-electron chi connectivity index (χ3n) is 4.71. The number of thiazole rings is 1. The lowest BCUT2D eigenvalue weighted by atomic mass is 10.1. The van der Waals surface area contributed by atoms with Crippen molar-refractivity contribution in [2.45, 2.75) is 13.0 Å². The first-order valence-corrected chi connectivity index (χ1v) is 11.0. The highest BCUT2D eigenvalue weighted by Crippen LogP contribution is 2.31. The molecule has 2 heterocycles. The smallest absolute Gasteiger partial charge is 0.359 e.